The Bertz CT molecular complexity index is 530. The minimum Gasteiger partial charge on any atom is -0.495 e. The minimum atomic E-state index is 0.0962. The molecule has 0 atom stereocenters. The zero-order chi connectivity index (χ0) is 14.8. The highest BCUT2D eigenvalue weighted by Gasteiger charge is 2.32. The molecule has 0 radical (unpaired) electrons. The van der Waals surface area contributed by atoms with Gasteiger partial charge in [0.15, 0.2) is 5.17 Å². The van der Waals surface area contributed by atoms with Gasteiger partial charge in [-0.15, -0.1) is 0 Å². The molecule has 0 spiro atoms. The average molecular weight is 422 g/mol. The number of halogens is 2. The topological polar surface area (TPSA) is 33.6 Å². The zero-order valence-corrected chi connectivity index (χ0v) is 15.8. The number of amidine groups is 1. The third-order valence-electron chi connectivity index (χ3n) is 3.62. The van der Waals surface area contributed by atoms with Crippen LogP contribution in [0.2, 0.25) is 0 Å². The quantitative estimate of drug-likeness (QED) is 0.716. The Kier molecular flexibility index (Phi) is 5.42. The van der Waals surface area contributed by atoms with Crippen molar-refractivity contribution >= 4 is 54.5 Å². The van der Waals surface area contributed by atoms with Crippen LogP contribution in [-0.2, 0) is 0 Å². The summed E-state index contributed by atoms with van der Waals surface area (Å²) >= 11 is 8.83. The molecule has 1 aromatic carbocycles. The number of benzene rings is 1. The second-order valence-corrected chi connectivity index (χ2v) is 7.40. The second-order valence-electron chi connectivity index (χ2n) is 4.73. The van der Waals surface area contributed by atoms with Crippen molar-refractivity contribution in [3.8, 4) is 5.75 Å². The number of aliphatic imine (C=N–C) groups is 1. The van der Waals surface area contributed by atoms with Gasteiger partial charge in [0.1, 0.15) is 5.75 Å². The van der Waals surface area contributed by atoms with E-state index in [1.165, 1.54) is 0 Å². The number of hydrogen-bond donors (Lipinski definition) is 1. The predicted molar refractivity (Wildman–Crippen MR) is 95.2 cm³/mol. The molecular weight excluding hydrogens is 404 g/mol. The standard InChI is InChI=1S/C14H18Br2N2OS/c1-4-14(5-2)8-20-13(18-14)17-11-7-12(19-3)10(16)6-9(11)15/h6-7H,4-5,8H2,1-3H3,(H,17,18). The molecule has 1 aliphatic heterocycles. The fourth-order valence-electron chi connectivity index (χ4n) is 2.06. The fourth-order valence-corrected chi connectivity index (χ4v) is 4.63. The molecular formula is C14H18Br2N2OS. The molecule has 110 valence electrons. The van der Waals surface area contributed by atoms with E-state index in [1.807, 2.05) is 12.1 Å². The van der Waals surface area contributed by atoms with Crippen LogP contribution in [0.25, 0.3) is 0 Å². The molecule has 3 nitrogen and oxygen atoms in total. The van der Waals surface area contributed by atoms with E-state index in [4.69, 9.17) is 9.73 Å². The maximum absolute atomic E-state index is 5.33. The van der Waals surface area contributed by atoms with Crippen LogP contribution in [0.15, 0.2) is 26.1 Å². The van der Waals surface area contributed by atoms with Crippen molar-refractivity contribution < 1.29 is 4.74 Å². The molecule has 6 heteroatoms. The summed E-state index contributed by atoms with van der Waals surface area (Å²) in [4.78, 5) is 4.87. The Morgan fingerprint density at radius 1 is 1.30 bits per heavy atom. The number of ether oxygens (including phenoxy) is 1. The number of methoxy groups -OCH3 is 1. The molecule has 1 heterocycles. The SMILES string of the molecule is CCC1(CC)CSC(Nc2cc(OC)c(Br)cc2Br)=N1. The summed E-state index contributed by atoms with van der Waals surface area (Å²) in [6.45, 7) is 4.41. The summed E-state index contributed by atoms with van der Waals surface area (Å²) in [5.41, 5.74) is 1.07. The molecule has 0 saturated carbocycles. The fraction of sp³-hybridized carbons (Fsp3) is 0.500. The summed E-state index contributed by atoms with van der Waals surface area (Å²) in [6, 6.07) is 3.95. The molecule has 2 rings (SSSR count). The van der Waals surface area contributed by atoms with E-state index in [-0.39, 0.29) is 5.54 Å². The van der Waals surface area contributed by atoms with Crippen LogP contribution in [0.5, 0.6) is 5.75 Å². The molecule has 1 N–H and O–H groups in total. The molecule has 0 aromatic heterocycles. The first kappa shape index (κ1) is 16.2. The number of rotatable bonds is 4. The third-order valence-corrected chi connectivity index (χ3v) is 6.04. The van der Waals surface area contributed by atoms with Crippen LogP contribution in [0, 0.1) is 0 Å². The van der Waals surface area contributed by atoms with E-state index < -0.39 is 0 Å². The second kappa shape index (κ2) is 6.71. The van der Waals surface area contributed by atoms with Gasteiger partial charge in [-0.1, -0.05) is 25.6 Å². The number of hydrogen-bond acceptors (Lipinski definition) is 4. The van der Waals surface area contributed by atoms with E-state index in [2.05, 4.69) is 51.0 Å². The molecule has 0 amide bonds. The van der Waals surface area contributed by atoms with Gasteiger partial charge < -0.3 is 10.1 Å². The van der Waals surface area contributed by atoms with Gasteiger partial charge in [-0.2, -0.15) is 0 Å². The summed E-state index contributed by atoms with van der Waals surface area (Å²) in [5, 5.41) is 4.38. The van der Waals surface area contributed by atoms with Crippen LogP contribution in [0.1, 0.15) is 26.7 Å². The van der Waals surface area contributed by atoms with Crippen molar-refractivity contribution in [2.75, 3.05) is 18.2 Å². The smallest absolute Gasteiger partial charge is 0.161 e. The molecule has 1 aromatic rings. The lowest BCUT2D eigenvalue weighted by atomic mass is 9.97. The molecule has 0 unspecified atom stereocenters. The van der Waals surface area contributed by atoms with Crippen molar-refractivity contribution in [3.63, 3.8) is 0 Å². The normalized spacial score (nSPS) is 16.9. The van der Waals surface area contributed by atoms with Crippen LogP contribution < -0.4 is 10.1 Å². The van der Waals surface area contributed by atoms with Gasteiger partial charge in [-0.25, -0.2) is 0 Å². The van der Waals surface area contributed by atoms with E-state index in [1.54, 1.807) is 18.9 Å². The lowest BCUT2D eigenvalue weighted by Crippen LogP contribution is -2.24. The van der Waals surface area contributed by atoms with Crippen molar-refractivity contribution in [1.82, 2.24) is 0 Å². The summed E-state index contributed by atoms with van der Waals surface area (Å²) < 4.78 is 7.25. The molecule has 20 heavy (non-hydrogen) atoms. The van der Waals surface area contributed by atoms with E-state index >= 15 is 0 Å². The highest BCUT2D eigenvalue weighted by Crippen LogP contribution is 2.37. The van der Waals surface area contributed by atoms with Crippen LogP contribution in [0.3, 0.4) is 0 Å². The van der Waals surface area contributed by atoms with E-state index in [0.717, 1.165) is 44.1 Å². The Labute approximate surface area is 141 Å². The van der Waals surface area contributed by atoms with Crippen LogP contribution in [-0.4, -0.2) is 23.6 Å². The Hall–Kier alpha value is -0.200. The first-order chi connectivity index (χ1) is 9.53. The summed E-state index contributed by atoms with van der Waals surface area (Å²) in [5.74, 6) is 1.85. The van der Waals surface area contributed by atoms with Crippen molar-refractivity contribution in [3.05, 3.63) is 21.1 Å². The van der Waals surface area contributed by atoms with Gasteiger partial charge in [0.25, 0.3) is 0 Å². The van der Waals surface area contributed by atoms with Gasteiger partial charge in [0, 0.05) is 16.3 Å². The van der Waals surface area contributed by atoms with Crippen molar-refractivity contribution in [1.29, 1.82) is 0 Å². The third kappa shape index (κ3) is 3.34. The number of nitrogens with one attached hydrogen (secondary N) is 1. The van der Waals surface area contributed by atoms with Crippen LogP contribution >= 0.6 is 43.6 Å². The molecule has 0 saturated heterocycles. The summed E-state index contributed by atoms with van der Waals surface area (Å²) in [6.07, 6.45) is 2.15. The molecule has 0 fully saturated rings. The van der Waals surface area contributed by atoms with Gasteiger partial charge in [-0.3, -0.25) is 4.99 Å². The largest absolute Gasteiger partial charge is 0.495 e. The van der Waals surface area contributed by atoms with Crippen LogP contribution in [0.4, 0.5) is 5.69 Å². The predicted octanol–water partition coefficient (Wildman–Crippen LogP) is 5.29. The van der Waals surface area contributed by atoms with E-state index in [9.17, 15) is 0 Å². The maximum atomic E-state index is 5.33. The number of nitrogens with zero attached hydrogens (tertiary/aromatic N) is 1. The maximum Gasteiger partial charge on any atom is 0.161 e. The Balaban J connectivity index is 2.23. The lowest BCUT2D eigenvalue weighted by Gasteiger charge is -2.20. The average Bonchev–Trinajstić information content (AvgIpc) is 2.86. The monoisotopic (exact) mass is 420 g/mol. The van der Waals surface area contributed by atoms with Crippen molar-refractivity contribution in [2.24, 2.45) is 4.99 Å². The lowest BCUT2D eigenvalue weighted by molar-refractivity contribution is 0.412. The Morgan fingerprint density at radius 2 is 2.00 bits per heavy atom. The molecule has 1 aliphatic rings. The van der Waals surface area contributed by atoms with Gasteiger partial charge in [0.2, 0.25) is 0 Å². The highest BCUT2D eigenvalue weighted by atomic mass is 79.9. The van der Waals surface area contributed by atoms with Gasteiger partial charge in [-0.05, 0) is 50.8 Å². The number of anilines is 1. The molecule has 0 bridgehead atoms. The number of thioether (sulfide) groups is 1. The van der Waals surface area contributed by atoms with E-state index in [0.29, 0.717) is 0 Å². The first-order valence-electron chi connectivity index (χ1n) is 6.56. The highest BCUT2D eigenvalue weighted by molar-refractivity contribution is 9.11. The van der Waals surface area contributed by atoms with Gasteiger partial charge >= 0.3 is 0 Å². The van der Waals surface area contributed by atoms with Crippen molar-refractivity contribution in [2.45, 2.75) is 32.2 Å². The first-order valence-corrected chi connectivity index (χ1v) is 9.13. The minimum absolute atomic E-state index is 0.0962. The molecule has 0 aliphatic carbocycles. The summed E-state index contributed by atoms with van der Waals surface area (Å²) in [7, 11) is 1.67. The Morgan fingerprint density at radius 3 is 2.55 bits per heavy atom. The zero-order valence-electron chi connectivity index (χ0n) is 11.8. The van der Waals surface area contributed by atoms with Gasteiger partial charge in [0.05, 0.1) is 22.8 Å².